The van der Waals surface area contributed by atoms with Gasteiger partial charge >= 0.3 is 12.2 Å². The molecule has 0 bridgehead atoms. The van der Waals surface area contributed by atoms with Crippen molar-refractivity contribution in [1.29, 1.82) is 0 Å². The van der Waals surface area contributed by atoms with E-state index in [1.54, 1.807) is 4.90 Å². The highest BCUT2D eigenvalue weighted by atomic mass is 19.4. The molecule has 2 aromatic rings. The average molecular weight is 408 g/mol. The zero-order valence-corrected chi connectivity index (χ0v) is 16.1. The Morgan fingerprint density at radius 2 is 2.10 bits per heavy atom. The Morgan fingerprint density at radius 1 is 1.31 bits per heavy atom. The highest BCUT2D eigenvalue weighted by molar-refractivity contribution is 5.74. The standard InChI is InChI=1S/C19H23F3N6O/c1-2-24-17(29)27-7-5-18(11-27)4-3-6-28-15(18)9-14(26-28)12-8-13(19(20,21)22)16(23)25-10-12/h8-10H,2-7,11H2,1H3,(H2,23,25)(H,24,29). The molecule has 0 aliphatic carbocycles. The number of anilines is 1. The monoisotopic (exact) mass is 408 g/mol. The number of halogens is 3. The van der Waals surface area contributed by atoms with Gasteiger partial charge in [0.1, 0.15) is 5.82 Å². The first kappa shape index (κ1) is 19.5. The van der Waals surface area contributed by atoms with Crippen molar-refractivity contribution >= 4 is 11.8 Å². The Labute approximate surface area is 166 Å². The van der Waals surface area contributed by atoms with Gasteiger partial charge in [0.25, 0.3) is 0 Å². The molecular weight excluding hydrogens is 385 g/mol. The van der Waals surface area contributed by atoms with Crippen LogP contribution in [-0.2, 0) is 18.1 Å². The van der Waals surface area contributed by atoms with Gasteiger partial charge in [-0.1, -0.05) is 0 Å². The van der Waals surface area contributed by atoms with Crippen LogP contribution in [-0.4, -0.2) is 45.3 Å². The van der Waals surface area contributed by atoms with Crippen molar-refractivity contribution in [1.82, 2.24) is 25.0 Å². The van der Waals surface area contributed by atoms with Gasteiger partial charge in [-0.15, -0.1) is 0 Å². The summed E-state index contributed by atoms with van der Waals surface area (Å²) in [4.78, 5) is 17.8. The molecule has 1 atom stereocenters. The molecule has 10 heteroatoms. The van der Waals surface area contributed by atoms with E-state index in [0.29, 0.717) is 31.9 Å². The second kappa shape index (κ2) is 6.93. The molecule has 0 saturated carbocycles. The van der Waals surface area contributed by atoms with Crippen LogP contribution in [0.15, 0.2) is 18.3 Å². The number of amides is 2. The molecule has 2 aliphatic heterocycles. The van der Waals surface area contributed by atoms with Crippen LogP contribution < -0.4 is 11.1 Å². The Morgan fingerprint density at radius 3 is 2.83 bits per heavy atom. The first-order chi connectivity index (χ1) is 13.7. The number of pyridine rings is 1. The van der Waals surface area contributed by atoms with E-state index in [-0.39, 0.29) is 17.0 Å². The lowest BCUT2D eigenvalue weighted by molar-refractivity contribution is -0.137. The Hall–Kier alpha value is -2.78. The summed E-state index contributed by atoms with van der Waals surface area (Å²) in [6.45, 7) is 4.37. The van der Waals surface area contributed by atoms with E-state index in [9.17, 15) is 18.0 Å². The van der Waals surface area contributed by atoms with E-state index in [1.807, 2.05) is 17.7 Å². The molecule has 0 radical (unpaired) electrons. The van der Waals surface area contributed by atoms with E-state index in [1.165, 1.54) is 6.20 Å². The fraction of sp³-hybridized carbons (Fsp3) is 0.526. The second-order valence-electron chi connectivity index (χ2n) is 7.68. The summed E-state index contributed by atoms with van der Waals surface area (Å²) in [5.41, 5.74) is 5.92. The number of nitrogens with one attached hydrogen (secondary N) is 1. The van der Waals surface area contributed by atoms with Gasteiger partial charge in [0.2, 0.25) is 0 Å². The third kappa shape index (κ3) is 3.40. The van der Waals surface area contributed by atoms with Gasteiger partial charge in [0.05, 0.1) is 11.3 Å². The lowest BCUT2D eigenvalue weighted by Gasteiger charge is -2.34. The van der Waals surface area contributed by atoms with Crippen molar-refractivity contribution in [2.24, 2.45) is 0 Å². The molecule has 4 heterocycles. The quantitative estimate of drug-likeness (QED) is 0.800. The molecule has 1 fully saturated rings. The topological polar surface area (TPSA) is 89.1 Å². The predicted molar refractivity (Wildman–Crippen MR) is 101 cm³/mol. The van der Waals surface area contributed by atoms with Crippen molar-refractivity contribution in [2.75, 3.05) is 25.4 Å². The molecule has 7 nitrogen and oxygen atoms in total. The van der Waals surface area contributed by atoms with Crippen LogP contribution in [0.1, 0.15) is 37.4 Å². The van der Waals surface area contributed by atoms with Gasteiger partial charge in [-0.05, 0) is 38.3 Å². The summed E-state index contributed by atoms with van der Waals surface area (Å²) >= 11 is 0. The summed E-state index contributed by atoms with van der Waals surface area (Å²) in [7, 11) is 0. The first-order valence-electron chi connectivity index (χ1n) is 9.68. The summed E-state index contributed by atoms with van der Waals surface area (Å²) in [6, 6.07) is 2.76. The van der Waals surface area contributed by atoms with Crippen LogP contribution in [0.4, 0.5) is 23.8 Å². The summed E-state index contributed by atoms with van der Waals surface area (Å²) in [6.07, 6.45) is -0.621. The number of fused-ring (bicyclic) bond motifs is 2. The average Bonchev–Trinajstić information content (AvgIpc) is 3.28. The number of urea groups is 1. The molecule has 1 spiro atoms. The lowest BCUT2D eigenvalue weighted by atomic mass is 9.77. The van der Waals surface area contributed by atoms with Crippen LogP contribution >= 0.6 is 0 Å². The molecular formula is C19H23F3N6O. The molecule has 0 aromatic carbocycles. The van der Waals surface area contributed by atoms with Crippen LogP contribution in [0.3, 0.4) is 0 Å². The summed E-state index contributed by atoms with van der Waals surface area (Å²) in [5, 5.41) is 7.38. The smallest absolute Gasteiger partial charge is 0.383 e. The van der Waals surface area contributed by atoms with Crippen molar-refractivity contribution < 1.29 is 18.0 Å². The van der Waals surface area contributed by atoms with E-state index < -0.39 is 17.6 Å². The van der Waals surface area contributed by atoms with Crippen molar-refractivity contribution in [3.63, 3.8) is 0 Å². The highest BCUT2D eigenvalue weighted by Gasteiger charge is 2.45. The van der Waals surface area contributed by atoms with Crippen molar-refractivity contribution in [3.8, 4) is 11.3 Å². The minimum absolute atomic E-state index is 0.0845. The van der Waals surface area contributed by atoms with E-state index in [0.717, 1.165) is 31.0 Å². The Balaban J connectivity index is 1.68. The van der Waals surface area contributed by atoms with E-state index in [2.05, 4.69) is 15.4 Å². The number of likely N-dealkylation sites (tertiary alicyclic amines) is 1. The Bertz CT molecular complexity index is 941. The maximum Gasteiger partial charge on any atom is 0.419 e. The van der Waals surface area contributed by atoms with E-state index >= 15 is 0 Å². The maximum atomic E-state index is 13.2. The number of aromatic nitrogens is 3. The van der Waals surface area contributed by atoms with Gasteiger partial charge in [0, 0.05) is 49.0 Å². The fourth-order valence-corrected chi connectivity index (χ4v) is 4.41. The molecule has 1 unspecified atom stereocenters. The molecule has 29 heavy (non-hydrogen) atoms. The zero-order valence-electron chi connectivity index (χ0n) is 16.1. The number of nitrogens with zero attached hydrogens (tertiary/aromatic N) is 4. The lowest BCUT2D eigenvalue weighted by Crippen LogP contribution is -2.42. The molecule has 2 aliphatic rings. The van der Waals surface area contributed by atoms with Gasteiger partial charge < -0.3 is 16.0 Å². The van der Waals surface area contributed by atoms with Crippen molar-refractivity contribution in [2.45, 2.75) is 44.3 Å². The normalized spacial score (nSPS) is 21.4. The van der Waals surface area contributed by atoms with Gasteiger partial charge in [-0.3, -0.25) is 4.68 Å². The highest BCUT2D eigenvalue weighted by Crippen LogP contribution is 2.43. The number of hydrogen-bond acceptors (Lipinski definition) is 4. The molecule has 156 valence electrons. The number of carbonyl (C=O) groups is 1. The number of carbonyl (C=O) groups excluding carboxylic acids is 1. The zero-order chi connectivity index (χ0) is 20.8. The van der Waals surface area contributed by atoms with Crippen LogP contribution in [0.25, 0.3) is 11.3 Å². The number of aryl methyl sites for hydroxylation is 1. The Kier molecular flexibility index (Phi) is 4.66. The van der Waals surface area contributed by atoms with Gasteiger partial charge in [0.15, 0.2) is 0 Å². The molecule has 1 saturated heterocycles. The number of nitrogens with two attached hydrogens (primary N) is 1. The maximum absolute atomic E-state index is 13.2. The van der Waals surface area contributed by atoms with Crippen LogP contribution in [0.5, 0.6) is 0 Å². The molecule has 3 N–H and O–H groups in total. The van der Waals surface area contributed by atoms with E-state index in [4.69, 9.17) is 5.73 Å². The summed E-state index contributed by atoms with van der Waals surface area (Å²) in [5.74, 6) is -0.546. The molecule has 2 amide bonds. The predicted octanol–water partition coefficient (Wildman–Crippen LogP) is 3.01. The van der Waals surface area contributed by atoms with Gasteiger partial charge in [-0.25, -0.2) is 9.78 Å². The third-order valence-electron chi connectivity index (χ3n) is 5.84. The number of rotatable bonds is 2. The second-order valence-corrected chi connectivity index (χ2v) is 7.68. The SMILES string of the molecule is CCNC(=O)N1CCC2(CCCn3nc(-c4cnc(N)c(C(F)(F)F)c4)cc32)C1. The van der Waals surface area contributed by atoms with Crippen molar-refractivity contribution in [3.05, 3.63) is 29.6 Å². The minimum Gasteiger partial charge on any atom is -0.383 e. The van der Waals surface area contributed by atoms with Gasteiger partial charge in [-0.2, -0.15) is 18.3 Å². The number of hydrogen-bond donors (Lipinski definition) is 2. The van der Waals surface area contributed by atoms with Crippen LogP contribution in [0, 0.1) is 0 Å². The third-order valence-corrected chi connectivity index (χ3v) is 5.84. The minimum atomic E-state index is -4.58. The summed E-state index contributed by atoms with van der Waals surface area (Å²) < 4.78 is 41.5. The molecule has 4 rings (SSSR count). The fourth-order valence-electron chi connectivity index (χ4n) is 4.41. The number of alkyl halides is 3. The van der Waals surface area contributed by atoms with Crippen LogP contribution in [0.2, 0.25) is 0 Å². The number of nitrogen functional groups attached to an aromatic ring is 1. The first-order valence-corrected chi connectivity index (χ1v) is 9.68. The molecule has 2 aromatic heterocycles. The largest absolute Gasteiger partial charge is 0.419 e.